The Morgan fingerprint density at radius 1 is 0.889 bits per heavy atom. The van der Waals surface area contributed by atoms with Gasteiger partial charge < -0.3 is 9.88 Å². The molecule has 7 nitrogen and oxygen atoms in total. The Labute approximate surface area is 155 Å². The Morgan fingerprint density at radius 2 is 1.56 bits per heavy atom. The summed E-state index contributed by atoms with van der Waals surface area (Å²) < 4.78 is 2.39. The highest BCUT2D eigenvalue weighted by Crippen LogP contribution is 2.35. The SMILES string of the molecule is Cn1cc([C@H]2Nc3ccccc3C(=O)N2c2ccccc2)c(=O)n(C)c1=O. The predicted molar refractivity (Wildman–Crippen MR) is 103 cm³/mol. The number of nitrogens with one attached hydrogen (secondary N) is 1. The van der Waals surface area contributed by atoms with Gasteiger partial charge in [-0.1, -0.05) is 30.3 Å². The van der Waals surface area contributed by atoms with E-state index >= 15 is 0 Å². The summed E-state index contributed by atoms with van der Waals surface area (Å²) in [5, 5.41) is 3.28. The van der Waals surface area contributed by atoms with Gasteiger partial charge >= 0.3 is 5.69 Å². The average Bonchev–Trinajstić information content (AvgIpc) is 2.70. The minimum absolute atomic E-state index is 0.212. The van der Waals surface area contributed by atoms with E-state index in [1.165, 1.54) is 17.8 Å². The average molecular weight is 362 g/mol. The maximum atomic E-state index is 13.3. The molecule has 2 aromatic carbocycles. The van der Waals surface area contributed by atoms with Crippen LogP contribution in [0, 0.1) is 0 Å². The molecule has 1 aliphatic rings. The van der Waals surface area contributed by atoms with Gasteiger partial charge in [-0.15, -0.1) is 0 Å². The zero-order chi connectivity index (χ0) is 19.1. The molecule has 0 radical (unpaired) electrons. The molecule has 2 heterocycles. The van der Waals surface area contributed by atoms with Gasteiger partial charge in [0.25, 0.3) is 11.5 Å². The maximum absolute atomic E-state index is 13.3. The van der Waals surface area contributed by atoms with Crippen molar-refractivity contribution in [3.05, 3.63) is 92.8 Å². The predicted octanol–water partition coefficient (Wildman–Crippen LogP) is 1.86. The van der Waals surface area contributed by atoms with Crippen LogP contribution in [-0.4, -0.2) is 15.0 Å². The summed E-state index contributed by atoms with van der Waals surface area (Å²) in [7, 11) is 3.01. The molecule has 0 aliphatic carbocycles. The lowest BCUT2D eigenvalue weighted by molar-refractivity contribution is 0.0974. The first-order valence-electron chi connectivity index (χ1n) is 8.50. The van der Waals surface area contributed by atoms with Gasteiger partial charge in [-0.25, -0.2) is 4.79 Å². The standard InChI is InChI=1S/C20H18N4O3/c1-22-12-15(18(25)23(2)20(22)27)17-21-16-11-7-6-10-14(16)19(26)24(17)13-8-4-3-5-9-13/h3-12,17,21H,1-2H3/t17-/m0/s1. The van der Waals surface area contributed by atoms with Gasteiger partial charge in [0.1, 0.15) is 6.17 Å². The Balaban J connectivity index is 1.96. The molecule has 0 saturated carbocycles. The van der Waals surface area contributed by atoms with Crippen molar-refractivity contribution < 1.29 is 4.79 Å². The highest BCUT2D eigenvalue weighted by Gasteiger charge is 2.35. The number of hydrogen-bond donors (Lipinski definition) is 1. The van der Waals surface area contributed by atoms with Crippen LogP contribution in [0.2, 0.25) is 0 Å². The summed E-state index contributed by atoms with van der Waals surface area (Å²) in [6.07, 6.45) is 0.750. The molecule has 0 bridgehead atoms. The van der Waals surface area contributed by atoms with E-state index in [-0.39, 0.29) is 5.91 Å². The number of fused-ring (bicyclic) bond motifs is 1. The van der Waals surface area contributed by atoms with Crippen molar-refractivity contribution in [1.82, 2.24) is 9.13 Å². The normalized spacial score (nSPS) is 16.0. The zero-order valence-electron chi connectivity index (χ0n) is 14.9. The molecular formula is C20H18N4O3. The molecule has 0 unspecified atom stereocenters. The van der Waals surface area contributed by atoms with Crippen molar-refractivity contribution in [2.75, 3.05) is 10.2 Å². The summed E-state index contributed by atoms with van der Waals surface area (Å²) in [5.74, 6) is -0.212. The minimum atomic E-state index is -0.736. The fourth-order valence-electron chi connectivity index (χ4n) is 3.35. The highest BCUT2D eigenvalue weighted by molar-refractivity contribution is 6.12. The first-order valence-corrected chi connectivity index (χ1v) is 8.50. The Bertz CT molecular complexity index is 1150. The minimum Gasteiger partial charge on any atom is -0.360 e. The van der Waals surface area contributed by atoms with E-state index in [9.17, 15) is 14.4 Å². The van der Waals surface area contributed by atoms with Gasteiger partial charge in [-0.2, -0.15) is 0 Å². The van der Waals surface area contributed by atoms with Gasteiger partial charge in [0, 0.05) is 31.7 Å². The topological polar surface area (TPSA) is 76.3 Å². The van der Waals surface area contributed by atoms with Crippen LogP contribution in [0.25, 0.3) is 0 Å². The Kier molecular flexibility index (Phi) is 3.92. The molecule has 1 atom stereocenters. The van der Waals surface area contributed by atoms with Crippen LogP contribution in [-0.2, 0) is 14.1 Å². The Morgan fingerprint density at radius 3 is 2.30 bits per heavy atom. The summed E-state index contributed by atoms with van der Waals surface area (Å²) in [6.45, 7) is 0. The number of benzene rings is 2. The van der Waals surface area contributed by atoms with Crippen molar-refractivity contribution >= 4 is 17.3 Å². The van der Waals surface area contributed by atoms with Crippen LogP contribution in [0.4, 0.5) is 11.4 Å². The van der Waals surface area contributed by atoms with Crippen molar-refractivity contribution in [3.8, 4) is 0 Å². The quantitative estimate of drug-likeness (QED) is 0.755. The van der Waals surface area contributed by atoms with Crippen molar-refractivity contribution in [2.45, 2.75) is 6.17 Å². The number of rotatable bonds is 2. The van der Waals surface area contributed by atoms with Crippen molar-refractivity contribution in [3.63, 3.8) is 0 Å². The first-order chi connectivity index (χ1) is 13.0. The van der Waals surface area contributed by atoms with E-state index in [0.717, 1.165) is 4.57 Å². The number of anilines is 2. The van der Waals surface area contributed by atoms with Crippen LogP contribution in [0.3, 0.4) is 0 Å². The summed E-state index contributed by atoms with van der Waals surface area (Å²) in [5.41, 5.74) is 1.29. The molecular weight excluding hydrogens is 344 g/mol. The van der Waals surface area contributed by atoms with E-state index < -0.39 is 17.4 Å². The molecule has 1 N–H and O–H groups in total. The summed E-state index contributed by atoms with van der Waals surface area (Å²) in [6, 6.07) is 16.3. The molecule has 27 heavy (non-hydrogen) atoms. The third-order valence-electron chi connectivity index (χ3n) is 4.73. The van der Waals surface area contributed by atoms with Crippen LogP contribution in [0.5, 0.6) is 0 Å². The first kappa shape index (κ1) is 16.8. The number of aryl methyl sites for hydroxylation is 1. The van der Waals surface area contributed by atoms with Crippen LogP contribution < -0.4 is 21.5 Å². The number of amides is 1. The highest BCUT2D eigenvalue weighted by atomic mass is 16.2. The number of aromatic nitrogens is 2. The van der Waals surface area contributed by atoms with E-state index in [4.69, 9.17) is 0 Å². The molecule has 0 fully saturated rings. The number of carbonyl (C=O) groups excluding carboxylic acids is 1. The lowest BCUT2D eigenvalue weighted by atomic mass is 10.0. The van der Waals surface area contributed by atoms with Gasteiger partial charge in [-0.3, -0.25) is 19.1 Å². The van der Waals surface area contributed by atoms with E-state index in [1.54, 1.807) is 30.1 Å². The monoisotopic (exact) mass is 362 g/mol. The van der Waals surface area contributed by atoms with Gasteiger partial charge in [-0.05, 0) is 24.3 Å². The molecule has 7 heteroatoms. The largest absolute Gasteiger partial charge is 0.360 e. The smallest absolute Gasteiger partial charge is 0.330 e. The lowest BCUT2D eigenvalue weighted by Crippen LogP contribution is -2.48. The van der Waals surface area contributed by atoms with E-state index in [2.05, 4.69) is 5.32 Å². The zero-order valence-corrected chi connectivity index (χ0v) is 14.9. The molecule has 1 aromatic heterocycles. The van der Waals surface area contributed by atoms with Crippen LogP contribution in [0.1, 0.15) is 22.1 Å². The van der Waals surface area contributed by atoms with Crippen molar-refractivity contribution in [2.24, 2.45) is 14.1 Å². The molecule has 0 spiro atoms. The molecule has 136 valence electrons. The van der Waals surface area contributed by atoms with Gasteiger partial charge in [0.05, 0.1) is 11.1 Å². The molecule has 3 aromatic rings. The fraction of sp³-hybridized carbons (Fsp3) is 0.150. The molecule has 1 amide bonds. The third-order valence-corrected chi connectivity index (χ3v) is 4.73. The summed E-state index contributed by atoms with van der Waals surface area (Å²) >= 11 is 0. The number of hydrogen-bond acceptors (Lipinski definition) is 4. The molecule has 0 saturated heterocycles. The molecule has 4 rings (SSSR count). The lowest BCUT2D eigenvalue weighted by Gasteiger charge is -2.37. The fourth-order valence-corrected chi connectivity index (χ4v) is 3.35. The number of para-hydroxylation sites is 2. The second-order valence-corrected chi connectivity index (χ2v) is 6.45. The number of nitrogens with zero attached hydrogens (tertiary/aromatic N) is 3. The summed E-state index contributed by atoms with van der Waals surface area (Å²) in [4.78, 5) is 39.7. The van der Waals surface area contributed by atoms with E-state index in [0.29, 0.717) is 22.5 Å². The van der Waals surface area contributed by atoms with Crippen LogP contribution >= 0.6 is 0 Å². The van der Waals surface area contributed by atoms with E-state index in [1.807, 2.05) is 36.4 Å². The van der Waals surface area contributed by atoms with Gasteiger partial charge in [0.15, 0.2) is 0 Å². The second kappa shape index (κ2) is 6.28. The van der Waals surface area contributed by atoms with Crippen molar-refractivity contribution in [1.29, 1.82) is 0 Å². The van der Waals surface area contributed by atoms with Crippen LogP contribution in [0.15, 0.2) is 70.4 Å². The third kappa shape index (κ3) is 2.64. The second-order valence-electron chi connectivity index (χ2n) is 6.45. The Hall–Kier alpha value is -3.61. The number of carbonyl (C=O) groups is 1. The maximum Gasteiger partial charge on any atom is 0.330 e. The van der Waals surface area contributed by atoms with Gasteiger partial charge in [0.2, 0.25) is 0 Å². The molecule has 1 aliphatic heterocycles.